The quantitative estimate of drug-likeness (QED) is 0.479. The summed E-state index contributed by atoms with van der Waals surface area (Å²) in [7, 11) is 0. The number of hydrogen-bond donors (Lipinski definition) is 0. The smallest absolute Gasteiger partial charge is 0.406 e. The Hall–Kier alpha value is -1.51. The summed E-state index contributed by atoms with van der Waals surface area (Å²) in [6, 6.07) is 3.42. The number of carbonyl (C=O) groups excluding carboxylic acids is 1. The highest BCUT2D eigenvalue weighted by Crippen LogP contribution is 2.48. The second-order valence-corrected chi connectivity index (χ2v) is 3.78. The fraction of sp³-hybridized carbons (Fsp3) is 0.333. The molecule has 10 heteroatoms. The van der Waals surface area contributed by atoms with Crippen molar-refractivity contribution in [2.75, 3.05) is 0 Å². The van der Waals surface area contributed by atoms with Crippen LogP contribution in [0.25, 0.3) is 0 Å². The first-order chi connectivity index (χ1) is 8.50. The van der Waals surface area contributed by atoms with Gasteiger partial charge in [0.15, 0.2) is 0 Å². The van der Waals surface area contributed by atoms with E-state index >= 15 is 0 Å². The molecule has 0 saturated carbocycles. The second-order valence-electron chi connectivity index (χ2n) is 3.21. The molecule has 0 atom stereocenters. The maximum atomic E-state index is 12.4. The number of esters is 1. The molecule has 19 heavy (non-hydrogen) atoms. The van der Waals surface area contributed by atoms with Crippen molar-refractivity contribution in [1.82, 2.24) is 4.98 Å². The van der Waals surface area contributed by atoms with E-state index in [-0.39, 0.29) is 0 Å². The number of alkyl halides is 7. The molecule has 0 N–H and O–H groups in total. The Morgan fingerprint density at radius 1 is 1.11 bits per heavy atom. The van der Waals surface area contributed by atoms with Gasteiger partial charge in [-0.25, -0.2) is 9.78 Å². The van der Waals surface area contributed by atoms with E-state index in [1.165, 1.54) is 12.1 Å². The van der Waals surface area contributed by atoms with Gasteiger partial charge < -0.3 is 4.74 Å². The molecule has 0 aromatic carbocycles. The molecule has 1 aromatic heterocycles. The summed E-state index contributed by atoms with van der Waals surface area (Å²) < 4.78 is 78.2. The summed E-state index contributed by atoms with van der Waals surface area (Å²) in [6.07, 6.45) is -11.1. The monoisotopic (exact) mass is 307 g/mol. The lowest BCUT2D eigenvalue weighted by molar-refractivity contribution is -0.265. The minimum absolute atomic E-state index is 0.731. The standard InChI is InChI=1S/C9H4ClF6NO2/c10-7(8(11,12)13,9(14,15)16)6(18)19-5-3-1-2-4-17-5/h1-4H. The minimum atomic E-state index is -6.07. The number of carbonyl (C=O) groups is 1. The van der Waals surface area contributed by atoms with Gasteiger partial charge in [0.2, 0.25) is 5.88 Å². The summed E-state index contributed by atoms with van der Waals surface area (Å²) in [6.45, 7) is 0. The number of hydrogen-bond acceptors (Lipinski definition) is 3. The molecule has 0 fully saturated rings. The zero-order chi connectivity index (χ0) is 14.9. The SMILES string of the molecule is O=C(Oc1ccccn1)C(Cl)(C(F)(F)F)C(F)(F)F. The zero-order valence-electron chi connectivity index (χ0n) is 8.72. The fourth-order valence-corrected chi connectivity index (χ4v) is 1.00. The normalized spacial score (nSPS) is 13.2. The third-order valence-electron chi connectivity index (χ3n) is 1.90. The highest BCUT2D eigenvalue weighted by molar-refractivity contribution is 6.35. The van der Waals surface area contributed by atoms with Gasteiger partial charge in [0.1, 0.15) is 0 Å². The van der Waals surface area contributed by atoms with E-state index in [2.05, 4.69) is 21.3 Å². The first-order valence-corrected chi connectivity index (χ1v) is 4.83. The Morgan fingerprint density at radius 2 is 1.63 bits per heavy atom. The molecule has 0 saturated heterocycles. The van der Waals surface area contributed by atoms with Crippen LogP contribution in [-0.2, 0) is 4.79 Å². The number of halogens is 7. The summed E-state index contributed by atoms with van der Waals surface area (Å²) in [5.74, 6) is -3.45. The molecular weight excluding hydrogens is 304 g/mol. The van der Waals surface area contributed by atoms with E-state index in [0.29, 0.717) is 0 Å². The lowest BCUT2D eigenvalue weighted by Crippen LogP contribution is -2.59. The number of rotatable bonds is 2. The molecule has 0 bridgehead atoms. The van der Waals surface area contributed by atoms with E-state index in [9.17, 15) is 31.1 Å². The molecule has 0 spiro atoms. The molecule has 0 radical (unpaired) electrons. The molecule has 1 heterocycles. The molecule has 106 valence electrons. The predicted octanol–water partition coefficient (Wildman–Crippen LogP) is 3.09. The van der Waals surface area contributed by atoms with Crippen LogP contribution in [0.15, 0.2) is 24.4 Å². The van der Waals surface area contributed by atoms with Gasteiger partial charge in [-0.05, 0) is 6.07 Å². The Labute approximate surface area is 107 Å². The summed E-state index contributed by atoms with van der Waals surface area (Å²) in [5, 5.41) is 0. The van der Waals surface area contributed by atoms with E-state index in [0.717, 1.165) is 12.3 Å². The van der Waals surface area contributed by atoms with Gasteiger partial charge in [-0.2, -0.15) is 26.3 Å². The van der Waals surface area contributed by atoms with E-state index < -0.39 is 29.1 Å². The highest BCUT2D eigenvalue weighted by atomic mass is 35.5. The Kier molecular flexibility index (Phi) is 3.99. The molecule has 0 aliphatic rings. The average Bonchev–Trinajstić information content (AvgIpc) is 2.26. The van der Waals surface area contributed by atoms with Crippen LogP contribution in [0.2, 0.25) is 0 Å². The molecule has 0 amide bonds. The van der Waals surface area contributed by atoms with Crippen molar-refractivity contribution in [3.05, 3.63) is 24.4 Å². The van der Waals surface area contributed by atoms with Crippen LogP contribution < -0.4 is 4.74 Å². The van der Waals surface area contributed by atoms with Crippen LogP contribution in [0.5, 0.6) is 5.88 Å². The van der Waals surface area contributed by atoms with Crippen LogP contribution in [0.3, 0.4) is 0 Å². The van der Waals surface area contributed by atoms with E-state index in [4.69, 9.17) is 0 Å². The van der Waals surface area contributed by atoms with Gasteiger partial charge in [0.05, 0.1) is 0 Å². The lowest BCUT2D eigenvalue weighted by Gasteiger charge is -2.28. The third-order valence-corrected chi connectivity index (χ3v) is 2.48. The van der Waals surface area contributed by atoms with Crippen molar-refractivity contribution in [2.24, 2.45) is 0 Å². The van der Waals surface area contributed by atoms with E-state index in [1.54, 1.807) is 0 Å². The van der Waals surface area contributed by atoms with Crippen LogP contribution in [0.1, 0.15) is 0 Å². The van der Waals surface area contributed by atoms with Gasteiger partial charge in [-0.1, -0.05) is 17.7 Å². The van der Waals surface area contributed by atoms with E-state index in [1.807, 2.05) is 0 Å². The molecular formula is C9H4ClF6NO2. The molecule has 3 nitrogen and oxygen atoms in total. The van der Waals surface area contributed by atoms with Gasteiger partial charge >= 0.3 is 23.2 Å². The summed E-state index contributed by atoms with van der Waals surface area (Å²) >= 11 is 4.44. The topological polar surface area (TPSA) is 39.2 Å². The lowest BCUT2D eigenvalue weighted by atomic mass is 10.1. The molecule has 0 unspecified atom stereocenters. The van der Waals surface area contributed by atoms with Crippen molar-refractivity contribution in [3.63, 3.8) is 0 Å². The maximum absolute atomic E-state index is 12.4. The minimum Gasteiger partial charge on any atom is -0.406 e. The Morgan fingerprint density at radius 3 is 2.00 bits per heavy atom. The Balaban J connectivity index is 3.11. The largest absolute Gasteiger partial charge is 0.427 e. The van der Waals surface area contributed by atoms with Gasteiger partial charge in [0, 0.05) is 12.3 Å². The number of nitrogens with zero attached hydrogens (tertiary/aromatic N) is 1. The number of ether oxygens (including phenoxy) is 1. The summed E-state index contributed by atoms with van der Waals surface area (Å²) in [5.41, 5.74) is 0. The molecule has 1 rings (SSSR count). The van der Waals surface area contributed by atoms with Gasteiger partial charge in [-0.3, -0.25) is 0 Å². The van der Waals surface area contributed by atoms with Crippen LogP contribution in [-0.4, -0.2) is 28.2 Å². The van der Waals surface area contributed by atoms with Crippen molar-refractivity contribution in [2.45, 2.75) is 17.2 Å². The van der Waals surface area contributed by atoms with Crippen LogP contribution >= 0.6 is 11.6 Å². The third kappa shape index (κ3) is 2.91. The van der Waals surface area contributed by atoms with Gasteiger partial charge in [-0.15, -0.1) is 0 Å². The average molecular weight is 308 g/mol. The molecule has 0 aliphatic carbocycles. The number of pyridine rings is 1. The predicted molar refractivity (Wildman–Crippen MR) is 50.6 cm³/mol. The van der Waals surface area contributed by atoms with Crippen LogP contribution in [0, 0.1) is 0 Å². The Bertz CT molecular complexity index is 444. The molecule has 0 aliphatic heterocycles. The van der Waals surface area contributed by atoms with Crippen LogP contribution in [0.4, 0.5) is 26.3 Å². The highest BCUT2D eigenvalue weighted by Gasteiger charge is 2.76. The number of aromatic nitrogens is 1. The summed E-state index contributed by atoms with van der Waals surface area (Å²) in [4.78, 5) is 9.21. The van der Waals surface area contributed by atoms with Crippen molar-refractivity contribution >= 4 is 17.6 Å². The van der Waals surface area contributed by atoms with Crippen molar-refractivity contribution in [1.29, 1.82) is 0 Å². The first-order valence-electron chi connectivity index (χ1n) is 4.46. The second kappa shape index (κ2) is 4.87. The first kappa shape index (κ1) is 15.5. The zero-order valence-corrected chi connectivity index (χ0v) is 9.47. The molecule has 1 aromatic rings. The fourth-order valence-electron chi connectivity index (χ4n) is 0.965. The van der Waals surface area contributed by atoms with Gasteiger partial charge in [0.25, 0.3) is 0 Å². The van der Waals surface area contributed by atoms with Crippen molar-refractivity contribution < 1.29 is 35.9 Å². The van der Waals surface area contributed by atoms with Crippen molar-refractivity contribution in [3.8, 4) is 5.88 Å². The maximum Gasteiger partial charge on any atom is 0.427 e.